The van der Waals surface area contributed by atoms with Crippen LogP contribution in [0.1, 0.15) is 35.8 Å². The van der Waals surface area contributed by atoms with Crippen LogP contribution in [0.4, 0.5) is 8.78 Å². The molecule has 0 bridgehead atoms. The summed E-state index contributed by atoms with van der Waals surface area (Å²) in [4.78, 5) is 28.3. The van der Waals surface area contributed by atoms with Gasteiger partial charge in [0, 0.05) is 22.9 Å². The van der Waals surface area contributed by atoms with Crippen molar-refractivity contribution in [2.75, 3.05) is 6.61 Å². The number of Topliss-reactive ketones (excluding diaryl/α,β-unsaturated/α-hetero) is 1. The molecule has 6 nitrogen and oxygen atoms in total. The summed E-state index contributed by atoms with van der Waals surface area (Å²) in [5, 5.41) is 20.1. The summed E-state index contributed by atoms with van der Waals surface area (Å²) in [7, 11) is 0. The molecule has 0 fully saturated rings. The molecule has 0 spiro atoms. The van der Waals surface area contributed by atoms with E-state index in [1.165, 1.54) is 18.2 Å². The first-order chi connectivity index (χ1) is 14.4. The van der Waals surface area contributed by atoms with Gasteiger partial charge >= 0.3 is 5.97 Å². The van der Waals surface area contributed by atoms with Crippen LogP contribution in [0.2, 0.25) is 0 Å². The molecule has 0 atom stereocenters. The number of esters is 1. The molecule has 8 heteroatoms. The van der Waals surface area contributed by atoms with Crippen molar-refractivity contribution in [1.82, 2.24) is 4.98 Å². The van der Waals surface area contributed by atoms with Gasteiger partial charge in [0.15, 0.2) is 11.5 Å². The molecule has 0 saturated carbocycles. The second-order valence-corrected chi connectivity index (χ2v) is 6.35. The fourth-order valence-corrected chi connectivity index (χ4v) is 3.07. The number of aromatic nitrogens is 1. The molecule has 30 heavy (non-hydrogen) atoms. The molecule has 2 aromatic carbocycles. The lowest BCUT2D eigenvalue weighted by molar-refractivity contribution is -0.143. The molecule has 0 aliphatic rings. The zero-order valence-electron chi connectivity index (χ0n) is 15.9. The van der Waals surface area contributed by atoms with Gasteiger partial charge in [0.25, 0.3) is 0 Å². The van der Waals surface area contributed by atoms with E-state index < -0.39 is 34.8 Å². The Hall–Kier alpha value is -3.86. The number of carbonyl (C=O) groups is 2. The highest BCUT2D eigenvalue weighted by Crippen LogP contribution is 2.35. The number of para-hydroxylation sites is 1. The van der Waals surface area contributed by atoms with Crippen LogP contribution >= 0.6 is 0 Å². The van der Waals surface area contributed by atoms with E-state index in [1.807, 2.05) is 6.07 Å². The normalized spacial score (nSPS) is 10.6. The number of hydrogen-bond donors (Lipinski definition) is 1. The molecule has 0 aliphatic carbocycles. The summed E-state index contributed by atoms with van der Waals surface area (Å²) in [5.74, 6) is -3.29. The first-order valence-electron chi connectivity index (χ1n) is 9.07. The molecule has 152 valence electrons. The Labute approximate surface area is 170 Å². The Balaban J connectivity index is 2.18. The monoisotopic (exact) mass is 410 g/mol. The van der Waals surface area contributed by atoms with E-state index in [9.17, 15) is 28.7 Å². The number of ether oxygens (including phenoxy) is 1. The molecule has 3 rings (SSSR count). The Kier molecular flexibility index (Phi) is 6.02. The third-order valence-corrected chi connectivity index (χ3v) is 4.45. The number of fused-ring (bicyclic) bond motifs is 1. The van der Waals surface area contributed by atoms with E-state index >= 15 is 0 Å². The molecular formula is C22H16F2N2O4. The minimum Gasteiger partial charge on any atom is -0.504 e. The largest absolute Gasteiger partial charge is 0.504 e. The topological polar surface area (TPSA) is 100 Å². The van der Waals surface area contributed by atoms with Crippen molar-refractivity contribution in [3.63, 3.8) is 0 Å². The Morgan fingerprint density at radius 3 is 2.63 bits per heavy atom. The van der Waals surface area contributed by atoms with Crippen LogP contribution in [0.25, 0.3) is 22.0 Å². The van der Waals surface area contributed by atoms with Gasteiger partial charge in [-0.3, -0.25) is 9.59 Å². The smallest absolute Gasteiger partial charge is 0.306 e. The van der Waals surface area contributed by atoms with Crippen LogP contribution in [0.5, 0.6) is 5.75 Å². The number of aromatic hydroxyl groups is 1. The molecule has 3 aromatic rings. The van der Waals surface area contributed by atoms with Crippen molar-refractivity contribution >= 4 is 22.7 Å². The first-order valence-corrected chi connectivity index (χ1v) is 9.07. The van der Waals surface area contributed by atoms with Gasteiger partial charge in [0.1, 0.15) is 29.0 Å². The maximum absolute atomic E-state index is 14.4. The number of nitriles is 1. The summed E-state index contributed by atoms with van der Waals surface area (Å²) < 4.78 is 32.8. The van der Waals surface area contributed by atoms with Crippen LogP contribution in [-0.2, 0) is 9.53 Å². The van der Waals surface area contributed by atoms with Gasteiger partial charge in [-0.2, -0.15) is 5.26 Å². The average Bonchev–Trinajstić information content (AvgIpc) is 2.73. The van der Waals surface area contributed by atoms with Gasteiger partial charge in [-0.1, -0.05) is 18.2 Å². The van der Waals surface area contributed by atoms with Crippen molar-refractivity contribution in [1.29, 1.82) is 5.26 Å². The van der Waals surface area contributed by atoms with Crippen molar-refractivity contribution in [3.8, 4) is 22.9 Å². The van der Waals surface area contributed by atoms with Crippen LogP contribution < -0.4 is 0 Å². The minimum atomic E-state index is -0.715. The van der Waals surface area contributed by atoms with Crippen molar-refractivity contribution in [2.45, 2.75) is 19.8 Å². The zero-order valence-corrected chi connectivity index (χ0v) is 15.9. The second kappa shape index (κ2) is 8.66. The van der Waals surface area contributed by atoms with E-state index in [1.54, 1.807) is 6.92 Å². The minimum absolute atomic E-state index is 0.0517. The number of halogens is 2. The van der Waals surface area contributed by atoms with E-state index in [0.717, 1.165) is 18.2 Å². The van der Waals surface area contributed by atoms with Gasteiger partial charge in [-0.15, -0.1) is 0 Å². The number of hydrogen-bond acceptors (Lipinski definition) is 6. The van der Waals surface area contributed by atoms with Gasteiger partial charge < -0.3 is 9.84 Å². The highest BCUT2D eigenvalue weighted by atomic mass is 19.1. The summed E-state index contributed by atoms with van der Waals surface area (Å²) in [6.45, 7) is 1.79. The standard InChI is InChI=1S/C22H16F2N2O4/c1-2-30-19(28)9-8-18(27)21-22(29)16(11-25)14-5-3-4-13(20(14)26-21)15-10-12(23)6-7-17(15)24/h3-7,10,29H,2,8-9H2,1H3. The highest BCUT2D eigenvalue weighted by molar-refractivity contribution is 6.05. The van der Waals surface area contributed by atoms with Gasteiger partial charge in [-0.05, 0) is 25.1 Å². The van der Waals surface area contributed by atoms with Crippen LogP contribution in [0, 0.1) is 23.0 Å². The van der Waals surface area contributed by atoms with Crippen LogP contribution in [0.15, 0.2) is 36.4 Å². The lowest BCUT2D eigenvalue weighted by Crippen LogP contribution is -2.10. The zero-order chi connectivity index (χ0) is 21.8. The van der Waals surface area contributed by atoms with Gasteiger partial charge in [-0.25, -0.2) is 13.8 Å². The predicted molar refractivity (Wildman–Crippen MR) is 104 cm³/mol. The Bertz CT molecular complexity index is 1200. The number of benzene rings is 2. The van der Waals surface area contributed by atoms with Crippen molar-refractivity contribution in [2.24, 2.45) is 0 Å². The third kappa shape index (κ3) is 3.96. The number of nitrogens with zero attached hydrogens (tertiary/aromatic N) is 2. The maximum Gasteiger partial charge on any atom is 0.306 e. The summed E-state index contributed by atoms with van der Waals surface area (Å²) >= 11 is 0. The molecule has 0 radical (unpaired) electrons. The van der Waals surface area contributed by atoms with E-state index in [2.05, 4.69) is 4.98 Å². The molecule has 0 unspecified atom stereocenters. The van der Waals surface area contributed by atoms with Gasteiger partial charge in [0.05, 0.1) is 18.5 Å². The maximum atomic E-state index is 14.4. The molecule has 0 amide bonds. The molecule has 1 N–H and O–H groups in total. The van der Waals surface area contributed by atoms with Gasteiger partial charge in [0.2, 0.25) is 0 Å². The second-order valence-electron chi connectivity index (χ2n) is 6.35. The highest BCUT2D eigenvalue weighted by Gasteiger charge is 2.23. The summed E-state index contributed by atoms with van der Waals surface area (Å²) in [6.07, 6.45) is -0.528. The quantitative estimate of drug-likeness (QED) is 0.481. The molecule has 1 aromatic heterocycles. The molecule has 0 aliphatic heterocycles. The molecule has 1 heterocycles. The summed E-state index contributed by atoms with van der Waals surface area (Å²) in [6, 6.07) is 9.18. The number of ketones is 1. The first kappa shape index (κ1) is 20.9. The van der Waals surface area contributed by atoms with E-state index in [4.69, 9.17) is 4.74 Å². The number of carbonyl (C=O) groups excluding carboxylic acids is 2. The van der Waals surface area contributed by atoms with Crippen LogP contribution in [-0.4, -0.2) is 28.4 Å². The molecule has 0 saturated heterocycles. The SMILES string of the molecule is CCOC(=O)CCC(=O)c1nc2c(-c3cc(F)ccc3F)cccc2c(C#N)c1O. The Morgan fingerprint density at radius 2 is 1.93 bits per heavy atom. The molecular weight excluding hydrogens is 394 g/mol. The lowest BCUT2D eigenvalue weighted by atomic mass is 9.97. The average molecular weight is 410 g/mol. The van der Waals surface area contributed by atoms with Crippen molar-refractivity contribution < 1.29 is 28.2 Å². The fraction of sp³-hybridized carbons (Fsp3) is 0.182. The number of pyridine rings is 1. The fourth-order valence-electron chi connectivity index (χ4n) is 3.07. The van der Waals surface area contributed by atoms with E-state index in [0.29, 0.717) is 0 Å². The summed E-state index contributed by atoms with van der Waals surface area (Å²) in [5.41, 5.74) is -0.547. The number of rotatable bonds is 6. The Morgan fingerprint density at radius 1 is 1.17 bits per heavy atom. The van der Waals surface area contributed by atoms with E-state index in [-0.39, 0.29) is 47.0 Å². The third-order valence-electron chi connectivity index (χ3n) is 4.45. The lowest BCUT2D eigenvalue weighted by Gasteiger charge is -2.12. The van der Waals surface area contributed by atoms with Crippen molar-refractivity contribution in [3.05, 3.63) is 59.3 Å². The predicted octanol–water partition coefficient (Wildman–Crippen LogP) is 4.28. The van der Waals surface area contributed by atoms with Crippen LogP contribution in [0.3, 0.4) is 0 Å².